The van der Waals surface area contributed by atoms with Crippen LogP contribution in [0.25, 0.3) is 24.3 Å². The van der Waals surface area contributed by atoms with E-state index in [9.17, 15) is 0 Å². The van der Waals surface area contributed by atoms with E-state index < -0.39 is 0 Å². The Hall–Kier alpha value is -4.52. The fraction of sp³-hybridized carbons (Fsp3) is 0.300. The van der Waals surface area contributed by atoms with Crippen LogP contribution in [0.2, 0.25) is 0 Å². The van der Waals surface area contributed by atoms with Gasteiger partial charge in [0, 0.05) is 42.9 Å². The van der Waals surface area contributed by atoms with Crippen LogP contribution in [0.3, 0.4) is 0 Å². The Kier molecular flexibility index (Phi) is 12.5. The molecule has 4 rings (SSSR count). The molecule has 4 aromatic carbocycles. The van der Waals surface area contributed by atoms with E-state index in [0.29, 0.717) is 6.42 Å². The molecule has 6 heteroatoms. The average molecular weight is 623 g/mol. The first-order valence-corrected chi connectivity index (χ1v) is 15.5. The number of hydrogen-bond acceptors (Lipinski definition) is 6. The number of hydrogen-bond donors (Lipinski definition) is 0. The average Bonchev–Trinajstić information content (AvgIpc) is 3.10. The van der Waals surface area contributed by atoms with Crippen molar-refractivity contribution >= 4 is 24.3 Å². The van der Waals surface area contributed by atoms with Crippen LogP contribution >= 0.6 is 0 Å². The second-order valence-electron chi connectivity index (χ2n) is 11.0. The molecule has 0 radical (unpaired) electrons. The van der Waals surface area contributed by atoms with Gasteiger partial charge in [-0.15, -0.1) is 0 Å². The van der Waals surface area contributed by atoms with Gasteiger partial charge in [-0.05, 0) is 54.3 Å². The normalized spacial score (nSPS) is 12.8. The van der Waals surface area contributed by atoms with Gasteiger partial charge in [0.15, 0.2) is 0 Å². The standard InChI is InChI=1S/C40H46O6/c1-9-35(41-3)34-26-39(45-7)33(25-40(34)46-8)24-36(42-4)30-18-14-29(15-19-30)17-21-32-23-37(43-5)31(22-38(32)44-6)20-16-28-12-10-27(2)11-13-28/h10-23,25-26,35-36H,9,24H2,1-8H3. The Balaban J connectivity index is 1.53. The summed E-state index contributed by atoms with van der Waals surface area (Å²) in [6, 6.07) is 24.8. The van der Waals surface area contributed by atoms with Crippen molar-refractivity contribution in [1.82, 2.24) is 0 Å². The molecule has 0 fully saturated rings. The number of benzene rings is 4. The van der Waals surface area contributed by atoms with E-state index in [1.54, 1.807) is 42.7 Å². The minimum Gasteiger partial charge on any atom is -0.496 e. The molecule has 0 aliphatic heterocycles. The molecule has 6 nitrogen and oxygen atoms in total. The van der Waals surface area contributed by atoms with Crippen molar-refractivity contribution in [3.05, 3.63) is 117 Å². The van der Waals surface area contributed by atoms with Gasteiger partial charge in [-0.25, -0.2) is 0 Å². The van der Waals surface area contributed by atoms with Crippen LogP contribution in [0.15, 0.2) is 72.8 Å². The lowest BCUT2D eigenvalue weighted by atomic mass is 9.96. The molecule has 0 spiro atoms. The van der Waals surface area contributed by atoms with E-state index in [4.69, 9.17) is 28.4 Å². The highest BCUT2D eigenvalue weighted by Crippen LogP contribution is 2.38. The molecule has 0 aliphatic rings. The van der Waals surface area contributed by atoms with Gasteiger partial charge in [-0.3, -0.25) is 0 Å². The van der Waals surface area contributed by atoms with Crippen LogP contribution in [-0.2, 0) is 15.9 Å². The van der Waals surface area contributed by atoms with E-state index in [-0.39, 0.29) is 12.2 Å². The van der Waals surface area contributed by atoms with Gasteiger partial charge in [0.25, 0.3) is 0 Å². The SMILES string of the molecule is CCC(OC)c1cc(OC)c(CC(OC)c2ccc(C=Cc3cc(OC)c(C=Cc4ccc(C)cc4)cc3OC)cc2)cc1OC. The molecule has 0 bridgehead atoms. The lowest BCUT2D eigenvalue weighted by molar-refractivity contribution is 0.0967. The predicted molar refractivity (Wildman–Crippen MR) is 188 cm³/mol. The predicted octanol–water partition coefficient (Wildman–Crippen LogP) is 9.40. The van der Waals surface area contributed by atoms with Crippen LogP contribution < -0.4 is 18.9 Å². The van der Waals surface area contributed by atoms with Crippen molar-refractivity contribution in [2.45, 2.75) is 38.9 Å². The lowest BCUT2D eigenvalue weighted by Gasteiger charge is -2.22. The molecule has 0 amide bonds. The minimum atomic E-state index is -0.170. The Morgan fingerprint density at radius 1 is 0.543 bits per heavy atom. The van der Waals surface area contributed by atoms with Crippen molar-refractivity contribution in [2.24, 2.45) is 0 Å². The maximum absolute atomic E-state index is 5.95. The van der Waals surface area contributed by atoms with Gasteiger partial charge in [0.05, 0.1) is 40.6 Å². The quantitative estimate of drug-likeness (QED) is 0.123. The highest BCUT2D eigenvalue weighted by atomic mass is 16.5. The molecule has 0 aliphatic carbocycles. The highest BCUT2D eigenvalue weighted by molar-refractivity contribution is 5.79. The third-order valence-electron chi connectivity index (χ3n) is 8.20. The summed E-state index contributed by atoms with van der Waals surface area (Å²) in [6.07, 6.45) is 9.44. The first-order chi connectivity index (χ1) is 22.4. The Morgan fingerprint density at radius 2 is 1.04 bits per heavy atom. The van der Waals surface area contributed by atoms with E-state index in [0.717, 1.165) is 68.4 Å². The Bertz CT molecular complexity index is 1620. The van der Waals surface area contributed by atoms with Crippen molar-refractivity contribution < 1.29 is 28.4 Å². The van der Waals surface area contributed by atoms with Crippen LogP contribution in [0.4, 0.5) is 0 Å². The first-order valence-electron chi connectivity index (χ1n) is 15.5. The fourth-order valence-electron chi connectivity index (χ4n) is 5.52. The summed E-state index contributed by atoms with van der Waals surface area (Å²) in [7, 11) is 10.2. The second-order valence-corrected chi connectivity index (χ2v) is 11.0. The topological polar surface area (TPSA) is 55.4 Å². The van der Waals surface area contributed by atoms with Crippen LogP contribution in [-0.4, -0.2) is 42.7 Å². The summed E-state index contributed by atoms with van der Waals surface area (Å²) in [5, 5.41) is 0. The van der Waals surface area contributed by atoms with Crippen molar-refractivity contribution in [3.8, 4) is 23.0 Å². The number of methoxy groups -OCH3 is 6. The largest absolute Gasteiger partial charge is 0.496 e. The van der Waals surface area contributed by atoms with Gasteiger partial charge in [-0.2, -0.15) is 0 Å². The van der Waals surface area contributed by atoms with Crippen LogP contribution in [0, 0.1) is 6.92 Å². The van der Waals surface area contributed by atoms with Gasteiger partial charge in [0.1, 0.15) is 23.0 Å². The Labute approximate surface area is 274 Å². The van der Waals surface area contributed by atoms with Gasteiger partial charge >= 0.3 is 0 Å². The van der Waals surface area contributed by atoms with Crippen molar-refractivity contribution in [2.75, 3.05) is 42.7 Å². The molecule has 0 aromatic heterocycles. The zero-order valence-corrected chi connectivity index (χ0v) is 28.3. The lowest BCUT2D eigenvalue weighted by Crippen LogP contribution is -2.09. The zero-order chi connectivity index (χ0) is 33.1. The monoisotopic (exact) mass is 622 g/mol. The maximum Gasteiger partial charge on any atom is 0.126 e. The van der Waals surface area contributed by atoms with E-state index in [1.165, 1.54) is 5.56 Å². The molecule has 2 atom stereocenters. The van der Waals surface area contributed by atoms with Gasteiger partial charge in [-0.1, -0.05) is 85.3 Å². The second kappa shape index (κ2) is 16.7. The number of ether oxygens (including phenoxy) is 6. The summed E-state index contributed by atoms with van der Waals surface area (Å²) in [5.41, 5.74) is 8.32. The summed E-state index contributed by atoms with van der Waals surface area (Å²) < 4.78 is 34.6. The minimum absolute atomic E-state index is 0.0726. The first kappa shape index (κ1) is 34.4. The summed E-state index contributed by atoms with van der Waals surface area (Å²) in [5.74, 6) is 3.11. The fourth-order valence-corrected chi connectivity index (χ4v) is 5.52. The van der Waals surface area contributed by atoms with E-state index in [1.807, 2.05) is 36.4 Å². The summed E-state index contributed by atoms with van der Waals surface area (Å²) >= 11 is 0. The Morgan fingerprint density at radius 3 is 1.50 bits per heavy atom. The molecule has 242 valence electrons. The molecule has 0 heterocycles. The third kappa shape index (κ3) is 8.39. The molecule has 4 aromatic rings. The van der Waals surface area contributed by atoms with Crippen molar-refractivity contribution in [3.63, 3.8) is 0 Å². The smallest absolute Gasteiger partial charge is 0.126 e. The van der Waals surface area contributed by atoms with E-state index >= 15 is 0 Å². The zero-order valence-electron chi connectivity index (χ0n) is 28.3. The molecule has 2 unspecified atom stereocenters. The highest BCUT2D eigenvalue weighted by Gasteiger charge is 2.21. The van der Waals surface area contributed by atoms with Crippen molar-refractivity contribution in [1.29, 1.82) is 0 Å². The molecule has 0 saturated heterocycles. The van der Waals surface area contributed by atoms with Gasteiger partial charge in [0.2, 0.25) is 0 Å². The van der Waals surface area contributed by atoms with Crippen LogP contribution in [0.1, 0.15) is 70.1 Å². The molecular formula is C40H46O6. The molecule has 0 N–H and O–H groups in total. The summed E-state index contributed by atoms with van der Waals surface area (Å²) in [6.45, 7) is 4.17. The molecule has 0 saturated carbocycles. The van der Waals surface area contributed by atoms with Gasteiger partial charge < -0.3 is 28.4 Å². The van der Waals surface area contributed by atoms with Crippen LogP contribution in [0.5, 0.6) is 23.0 Å². The number of rotatable bonds is 15. The molecular weight excluding hydrogens is 576 g/mol. The van der Waals surface area contributed by atoms with E-state index in [2.05, 4.69) is 74.5 Å². The third-order valence-corrected chi connectivity index (χ3v) is 8.20. The number of aryl methyl sites for hydroxylation is 1. The summed E-state index contributed by atoms with van der Waals surface area (Å²) in [4.78, 5) is 0. The maximum atomic E-state index is 5.95. The molecule has 46 heavy (non-hydrogen) atoms.